The Bertz CT molecular complexity index is 857. The Hall–Kier alpha value is -2.75. The van der Waals surface area contributed by atoms with Crippen molar-refractivity contribution in [1.82, 2.24) is 0 Å². The lowest BCUT2D eigenvalue weighted by Crippen LogP contribution is -1.98. The molecule has 0 spiro atoms. The zero-order valence-corrected chi connectivity index (χ0v) is 10.8. The smallest absolute Gasteiger partial charge is 0.335 e. The molecule has 3 aromatic rings. The van der Waals surface area contributed by atoms with Crippen LogP contribution in [-0.2, 0) is 0 Å². The fourth-order valence-corrected chi connectivity index (χ4v) is 2.36. The van der Waals surface area contributed by atoms with E-state index in [4.69, 9.17) is 5.11 Å². The Morgan fingerprint density at radius 1 is 0.810 bits per heavy atom. The highest BCUT2D eigenvalue weighted by Gasteiger charge is 2.13. The highest BCUT2D eigenvalue weighted by molar-refractivity contribution is 5.97. The molecule has 3 aromatic carbocycles. The van der Waals surface area contributed by atoms with Crippen molar-refractivity contribution in [3.05, 3.63) is 71.8 Å². The average molecular weight is 284 g/mol. The SMILES string of the molecule is O=C(O)c1ccc(-c2ccc(F)c3ccccc23)c(F)c1. The number of aromatic carboxylic acids is 1. The molecule has 0 aliphatic rings. The maximum absolute atomic E-state index is 14.2. The van der Waals surface area contributed by atoms with E-state index in [-0.39, 0.29) is 16.9 Å². The molecule has 0 aliphatic carbocycles. The minimum absolute atomic E-state index is 0.123. The lowest BCUT2D eigenvalue weighted by molar-refractivity contribution is 0.0696. The maximum atomic E-state index is 14.2. The Morgan fingerprint density at radius 3 is 2.14 bits per heavy atom. The molecule has 0 fully saturated rings. The number of carboxylic acids is 1. The minimum Gasteiger partial charge on any atom is -0.478 e. The predicted octanol–water partition coefficient (Wildman–Crippen LogP) is 4.48. The van der Waals surface area contributed by atoms with Gasteiger partial charge in [0.1, 0.15) is 11.6 Å². The van der Waals surface area contributed by atoms with E-state index in [1.54, 1.807) is 24.3 Å². The van der Waals surface area contributed by atoms with Gasteiger partial charge in [0.15, 0.2) is 0 Å². The van der Waals surface area contributed by atoms with Crippen molar-refractivity contribution in [2.45, 2.75) is 0 Å². The van der Waals surface area contributed by atoms with Crippen LogP contribution in [0, 0.1) is 11.6 Å². The molecule has 0 bridgehead atoms. The summed E-state index contributed by atoms with van der Waals surface area (Å²) in [4.78, 5) is 10.8. The first-order valence-corrected chi connectivity index (χ1v) is 6.28. The summed E-state index contributed by atoms with van der Waals surface area (Å²) >= 11 is 0. The van der Waals surface area contributed by atoms with Crippen molar-refractivity contribution in [3.8, 4) is 11.1 Å². The van der Waals surface area contributed by atoms with Crippen LogP contribution in [0.1, 0.15) is 10.4 Å². The minimum atomic E-state index is -1.19. The molecule has 1 N–H and O–H groups in total. The summed E-state index contributed by atoms with van der Waals surface area (Å²) in [5.74, 6) is -2.21. The second kappa shape index (κ2) is 4.98. The zero-order valence-electron chi connectivity index (χ0n) is 10.8. The van der Waals surface area contributed by atoms with E-state index < -0.39 is 11.8 Å². The molecule has 0 atom stereocenters. The summed E-state index contributed by atoms with van der Waals surface area (Å²) in [6.07, 6.45) is 0. The molecule has 0 aliphatic heterocycles. The molecule has 0 unspecified atom stereocenters. The summed E-state index contributed by atoms with van der Waals surface area (Å²) in [6.45, 7) is 0. The van der Waals surface area contributed by atoms with Gasteiger partial charge in [-0.15, -0.1) is 0 Å². The van der Waals surface area contributed by atoms with Crippen molar-refractivity contribution < 1.29 is 18.7 Å². The third kappa shape index (κ3) is 2.25. The van der Waals surface area contributed by atoms with E-state index in [9.17, 15) is 13.6 Å². The number of fused-ring (bicyclic) bond motifs is 1. The summed E-state index contributed by atoms with van der Waals surface area (Å²) in [7, 11) is 0. The number of carbonyl (C=O) groups is 1. The number of benzene rings is 3. The quantitative estimate of drug-likeness (QED) is 0.753. The number of carboxylic acid groups (broad SMARTS) is 1. The molecule has 0 heterocycles. The van der Waals surface area contributed by atoms with Crippen LogP contribution in [0.2, 0.25) is 0 Å². The summed E-state index contributed by atoms with van der Waals surface area (Å²) in [5, 5.41) is 9.85. The van der Waals surface area contributed by atoms with E-state index in [1.165, 1.54) is 24.3 Å². The van der Waals surface area contributed by atoms with E-state index >= 15 is 0 Å². The second-order valence-corrected chi connectivity index (χ2v) is 4.64. The summed E-state index contributed by atoms with van der Waals surface area (Å²) in [6, 6.07) is 13.3. The van der Waals surface area contributed by atoms with Gasteiger partial charge < -0.3 is 5.11 Å². The Morgan fingerprint density at radius 2 is 1.48 bits per heavy atom. The lowest BCUT2D eigenvalue weighted by atomic mass is 9.96. The van der Waals surface area contributed by atoms with Gasteiger partial charge in [0.2, 0.25) is 0 Å². The standard InChI is InChI=1S/C17H10F2O2/c18-15-8-7-12(11-3-1-2-4-13(11)15)14-6-5-10(17(20)21)9-16(14)19/h1-9H,(H,20,21). The lowest BCUT2D eigenvalue weighted by Gasteiger charge is -2.09. The zero-order chi connectivity index (χ0) is 15.0. The van der Waals surface area contributed by atoms with Gasteiger partial charge in [-0.1, -0.05) is 36.4 Å². The molecule has 0 radical (unpaired) electrons. The Labute approximate surface area is 119 Å². The van der Waals surface area contributed by atoms with E-state index in [1.807, 2.05) is 0 Å². The molecule has 21 heavy (non-hydrogen) atoms. The van der Waals surface area contributed by atoms with Crippen molar-refractivity contribution in [1.29, 1.82) is 0 Å². The first kappa shape index (κ1) is 13.2. The maximum Gasteiger partial charge on any atom is 0.335 e. The largest absolute Gasteiger partial charge is 0.478 e. The van der Waals surface area contributed by atoms with Gasteiger partial charge in [0.05, 0.1) is 5.56 Å². The van der Waals surface area contributed by atoms with Crippen LogP contribution < -0.4 is 0 Å². The number of hydrogen-bond donors (Lipinski definition) is 1. The van der Waals surface area contributed by atoms with E-state index in [2.05, 4.69) is 0 Å². The highest BCUT2D eigenvalue weighted by atomic mass is 19.1. The van der Waals surface area contributed by atoms with Gasteiger partial charge in [-0.05, 0) is 29.1 Å². The van der Waals surface area contributed by atoms with Crippen LogP contribution in [0.4, 0.5) is 8.78 Å². The Balaban J connectivity index is 2.26. The van der Waals surface area contributed by atoms with Gasteiger partial charge in [-0.2, -0.15) is 0 Å². The molecular weight excluding hydrogens is 274 g/mol. The average Bonchev–Trinajstić information content (AvgIpc) is 2.48. The molecule has 0 aromatic heterocycles. The van der Waals surface area contributed by atoms with Crippen molar-refractivity contribution in [2.24, 2.45) is 0 Å². The van der Waals surface area contributed by atoms with Crippen LogP contribution in [0.3, 0.4) is 0 Å². The molecular formula is C17H10F2O2. The van der Waals surface area contributed by atoms with Crippen LogP contribution in [0.15, 0.2) is 54.6 Å². The predicted molar refractivity (Wildman–Crippen MR) is 76.3 cm³/mol. The van der Waals surface area contributed by atoms with E-state index in [0.29, 0.717) is 16.3 Å². The fourth-order valence-electron chi connectivity index (χ4n) is 2.36. The topological polar surface area (TPSA) is 37.3 Å². The third-order valence-corrected chi connectivity index (χ3v) is 3.38. The molecule has 0 saturated heterocycles. The fraction of sp³-hybridized carbons (Fsp3) is 0. The van der Waals surface area contributed by atoms with Gasteiger partial charge >= 0.3 is 5.97 Å². The first-order chi connectivity index (χ1) is 10.1. The van der Waals surface area contributed by atoms with Crippen molar-refractivity contribution in [2.75, 3.05) is 0 Å². The summed E-state index contributed by atoms with van der Waals surface area (Å²) in [5.41, 5.74) is 0.653. The van der Waals surface area contributed by atoms with Crippen LogP contribution in [0.25, 0.3) is 21.9 Å². The molecule has 3 rings (SSSR count). The normalized spacial score (nSPS) is 10.8. The van der Waals surface area contributed by atoms with Gasteiger partial charge in [0, 0.05) is 10.9 Å². The number of rotatable bonds is 2. The number of hydrogen-bond acceptors (Lipinski definition) is 1. The summed E-state index contributed by atoms with van der Waals surface area (Å²) < 4.78 is 27.9. The molecule has 104 valence electrons. The Kier molecular flexibility index (Phi) is 3.14. The van der Waals surface area contributed by atoms with Gasteiger partial charge in [-0.25, -0.2) is 13.6 Å². The van der Waals surface area contributed by atoms with Crippen LogP contribution >= 0.6 is 0 Å². The van der Waals surface area contributed by atoms with Crippen LogP contribution in [-0.4, -0.2) is 11.1 Å². The molecule has 2 nitrogen and oxygen atoms in total. The van der Waals surface area contributed by atoms with Gasteiger partial charge in [-0.3, -0.25) is 0 Å². The molecule has 0 saturated carbocycles. The molecule has 0 amide bonds. The van der Waals surface area contributed by atoms with Gasteiger partial charge in [0.25, 0.3) is 0 Å². The third-order valence-electron chi connectivity index (χ3n) is 3.38. The monoisotopic (exact) mass is 284 g/mol. The molecule has 4 heteroatoms. The van der Waals surface area contributed by atoms with Crippen LogP contribution in [0.5, 0.6) is 0 Å². The van der Waals surface area contributed by atoms with E-state index in [0.717, 1.165) is 6.07 Å². The first-order valence-electron chi connectivity index (χ1n) is 6.28. The van der Waals surface area contributed by atoms with Crippen molar-refractivity contribution in [3.63, 3.8) is 0 Å². The number of halogens is 2. The second-order valence-electron chi connectivity index (χ2n) is 4.64. The van der Waals surface area contributed by atoms with Crippen molar-refractivity contribution >= 4 is 16.7 Å². The highest BCUT2D eigenvalue weighted by Crippen LogP contribution is 2.32.